The highest BCUT2D eigenvalue weighted by atomic mass is 32.2. The first kappa shape index (κ1) is 18.2. The first-order valence-electron chi connectivity index (χ1n) is 8.84. The van der Waals surface area contributed by atoms with E-state index >= 15 is 0 Å². The van der Waals surface area contributed by atoms with Crippen molar-refractivity contribution in [2.45, 2.75) is 18.4 Å². The van der Waals surface area contributed by atoms with Crippen LogP contribution in [0.2, 0.25) is 0 Å². The summed E-state index contributed by atoms with van der Waals surface area (Å²) in [4.78, 5) is 12.5. The molecule has 1 aliphatic heterocycles. The molecule has 2 heterocycles. The topological polar surface area (TPSA) is 81.1 Å². The zero-order valence-corrected chi connectivity index (χ0v) is 16.1. The molecular weight excluding hydrogens is 374 g/mol. The van der Waals surface area contributed by atoms with Gasteiger partial charge in [-0.1, -0.05) is 48.5 Å². The van der Waals surface area contributed by atoms with Gasteiger partial charge in [0.15, 0.2) is 9.84 Å². The molecule has 0 aliphatic carbocycles. The van der Waals surface area contributed by atoms with Crippen LogP contribution in [0, 0.1) is 6.92 Å². The molecule has 7 heteroatoms. The summed E-state index contributed by atoms with van der Waals surface area (Å²) in [5.74, 6) is -0.158. The molecule has 0 saturated heterocycles. The summed E-state index contributed by atoms with van der Waals surface area (Å²) in [6.07, 6.45) is 3.14. The lowest BCUT2D eigenvalue weighted by Gasteiger charge is -2.12. The van der Waals surface area contributed by atoms with Gasteiger partial charge in [0.25, 0.3) is 0 Å². The zero-order chi connectivity index (χ0) is 19.7. The van der Waals surface area contributed by atoms with Crippen LogP contribution in [0.1, 0.15) is 22.4 Å². The predicted molar refractivity (Wildman–Crippen MR) is 109 cm³/mol. The lowest BCUT2D eigenvalue weighted by atomic mass is 10.2. The Kier molecular flexibility index (Phi) is 4.60. The number of amides is 1. The van der Waals surface area contributed by atoms with E-state index < -0.39 is 9.84 Å². The van der Waals surface area contributed by atoms with Gasteiger partial charge in [-0.3, -0.25) is 4.79 Å². The van der Waals surface area contributed by atoms with Gasteiger partial charge in [0.05, 0.1) is 22.9 Å². The normalized spacial score (nSPS) is 14.9. The fourth-order valence-electron chi connectivity index (χ4n) is 3.24. The summed E-state index contributed by atoms with van der Waals surface area (Å²) >= 11 is 0. The zero-order valence-electron chi connectivity index (χ0n) is 15.3. The number of benzene rings is 2. The molecule has 6 nitrogen and oxygen atoms in total. The van der Waals surface area contributed by atoms with Crippen LogP contribution in [0.4, 0.5) is 5.82 Å². The molecule has 0 bridgehead atoms. The van der Waals surface area contributed by atoms with Gasteiger partial charge in [-0.15, -0.1) is 0 Å². The Morgan fingerprint density at radius 3 is 2.54 bits per heavy atom. The molecule has 0 spiro atoms. The Hall–Kier alpha value is -3.19. The summed E-state index contributed by atoms with van der Waals surface area (Å²) in [5, 5.41) is 7.32. The standard InChI is InChI=1S/C21H19N3O3S/c1-15-7-5-6-10-19(15)24-21(17-13-28(26,27)14-18(17)23-24)22-20(25)12-11-16-8-3-2-4-9-16/h2-12H,13-14H2,1H3,(H,22,25). The van der Waals surface area contributed by atoms with Gasteiger partial charge in [0, 0.05) is 11.6 Å². The quantitative estimate of drug-likeness (QED) is 0.690. The van der Waals surface area contributed by atoms with Crippen LogP contribution in [0.25, 0.3) is 11.8 Å². The molecule has 0 saturated carbocycles. The van der Waals surface area contributed by atoms with Crippen molar-refractivity contribution in [1.82, 2.24) is 9.78 Å². The van der Waals surface area contributed by atoms with Crippen molar-refractivity contribution in [3.05, 3.63) is 83.1 Å². The van der Waals surface area contributed by atoms with Crippen LogP contribution in [0.5, 0.6) is 0 Å². The van der Waals surface area contributed by atoms with E-state index in [9.17, 15) is 13.2 Å². The van der Waals surface area contributed by atoms with E-state index in [4.69, 9.17) is 0 Å². The minimum Gasteiger partial charge on any atom is -0.307 e. The molecule has 1 aliphatic rings. The molecule has 1 aromatic heterocycles. The summed E-state index contributed by atoms with van der Waals surface area (Å²) < 4.78 is 25.7. The molecule has 4 rings (SSSR count). The highest BCUT2D eigenvalue weighted by molar-refractivity contribution is 7.90. The lowest BCUT2D eigenvalue weighted by molar-refractivity contribution is -0.111. The van der Waals surface area contributed by atoms with Gasteiger partial charge in [-0.2, -0.15) is 5.10 Å². The van der Waals surface area contributed by atoms with Crippen LogP contribution in [0.15, 0.2) is 60.7 Å². The van der Waals surface area contributed by atoms with Crippen molar-refractivity contribution in [3.63, 3.8) is 0 Å². The van der Waals surface area contributed by atoms with Crippen LogP contribution in [-0.4, -0.2) is 24.1 Å². The molecule has 0 radical (unpaired) electrons. The number of fused-ring (bicyclic) bond motifs is 1. The van der Waals surface area contributed by atoms with Crippen molar-refractivity contribution < 1.29 is 13.2 Å². The van der Waals surface area contributed by atoms with E-state index in [2.05, 4.69) is 10.4 Å². The fraction of sp³-hybridized carbons (Fsp3) is 0.143. The number of aryl methyl sites for hydroxylation is 1. The van der Waals surface area contributed by atoms with E-state index in [-0.39, 0.29) is 17.4 Å². The largest absolute Gasteiger partial charge is 0.307 e. The van der Waals surface area contributed by atoms with Gasteiger partial charge < -0.3 is 5.32 Å². The van der Waals surface area contributed by atoms with Crippen LogP contribution >= 0.6 is 0 Å². The maximum absolute atomic E-state index is 12.5. The van der Waals surface area contributed by atoms with Gasteiger partial charge in [0.2, 0.25) is 5.91 Å². The highest BCUT2D eigenvalue weighted by Crippen LogP contribution is 2.33. The fourth-order valence-corrected chi connectivity index (χ4v) is 4.73. The third-order valence-electron chi connectivity index (χ3n) is 4.60. The number of nitrogens with zero attached hydrogens (tertiary/aromatic N) is 2. The summed E-state index contributed by atoms with van der Waals surface area (Å²) in [5.41, 5.74) is 3.73. The Labute approximate surface area is 163 Å². The molecule has 0 unspecified atom stereocenters. The van der Waals surface area contributed by atoms with Crippen molar-refractivity contribution in [3.8, 4) is 5.69 Å². The van der Waals surface area contributed by atoms with Crippen LogP contribution in [-0.2, 0) is 26.1 Å². The Morgan fingerprint density at radius 2 is 1.79 bits per heavy atom. The number of hydrogen-bond donors (Lipinski definition) is 1. The first-order chi connectivity index (χ1) is 13.4. The number of anilines is 1. The minimum atomic E-state index is -3.23. The number of sulfone groups is 1. The number of carbonyl (C=O) groups excluding carboxylic acids is 1. The van der Waals surface area contributed by atoms with Gasteiger partial charge >= 0.3 is 0 Å². The van der Waals surface area contributed by atoms with Gasteiger partial charge in [-0.25, -0.2) is 13.1 Å². The highest BCUT2D eigenvalue weighted by Gasteiger charge is 2.33. The second-order valence-electron chi connectivity index (χ2n) is 6.74. The number of para-hydroxylation sites is 1. The van der Waals surface area contributed by atoms with Gasteiger partial charge in [0.1, 0.15) is 5.82 Å². The molecule has 0 fully saturated rings. The van der Waals surface area contributed by atoms with E-state index in [1.54, 1.807) is 10.8 Å². The third-order valence-corrected chi connectivity index (χ3v) is 6.04. The Bertz CT molecular complexity index is 1180. The van der Waals surface area contributed by atoms with Gasteiger partial charge in [-0.05, 0) is 30.2 Å². The average molecular weight is 393 g/mol. The number of aromatic nitrogens is 2. The number of carbonyl (C=O) groups is 1. The molecule has 1 N–H and O–H groups in total. The predicted octanol–water partition coefficient (Wildman–Crippen LogP) is 3.26. The van der Waals surface area contributed by atoms with E-state index in [0.717, 1.165) is 16.8 Å². The lowest BCUT2D eigenvalue weighted by Crippen LogP contribution is -2.15. The Balaban J connectivity index is 1.70. The summed E-state index contributed by atoms with van der Waals surface area (Å²) in [6, 6.07) is 17.1. The number of rotatable bonds is 4. The van der Waals surface area contributed by atoms with E-state index in [1.165, 1.54) is 6.08 Å². The maximum Gasteiger partial charge on any atom is 0.249 e. The van der Waals surface area contributed by atoms with E-state index in [0.29, 0.717) is 17.1 Å². The second kappa shape index (κ2) is 7.09. The Morgan fingerprint density at radius 1 is 1.07 bits per heavy atom. The van der Waals surface area contributed by atoms with Crippen molar-refractivity contribution >= 4 is 27.6 Å². The molecule has 0 atom stereocenters. The smallest absolute Gasteiger partial charge is 0.249 e. The molecule has 1 amide bonds. The number of nitrogens with one attached hydrogen (secondary N) is 1. The number of hydrogen-bond acceptors (Lipinski definition) is 4. The molecule has 3 aromatic rings. The molecular formula is C21H19N3O3S. The maximum atomic E-state index is 12.5. The van der Waals surface area contributed by atoms with E-state index in [1.807, 2.05) is 61.5 Å². The minimum absolute atomic E-state index is 0.107. The van der Waals surface area contributed by atoms with Crippen molar-refractivity contribution in [1.29, 1.82) is 0 Å². The average Bonchev–Trinajstić information content (AvgIpc) is 3.14. The van der Waals surface area contributed by atoms with Crippen molar-refractivity contribution in [2.75, 3.05) is 5.32 Å². The third kappa shape index (κ3) is 3.61. The summed E-state index contributed by atoms with van der Waals surface area (Å²) in [7, 11) is -3.23. The molecule has 2 aromatic carbocycles. The monoisotopic (exact) mass is 393 g/mol. The van der Waals surface area contributed by atoms with Crippen molar-refractivity contribution in [2.24, 2.45) is 0 Å². The second-order valence-corrected chi connectivity index (χ2v) is 8.80. The molecule has 142 valence electrons. The van der Waals surface area contributed by atoms with Crippen LogP contribution < -0.4 is 5.32 Å². The summed E-state index contributed by atoms with van der Waals surface area (Å²) in [6.45, 7) is 1.94. The SMILES string of the molecule is Cc1ccccc1-n1nc2c(c1NC(=O)C=Cc1ccccc1)CS(=O)(=O)C2. The molecule has 28 heavy (non-hydrogen) atoms. The first-order valence-corrected chi connectivity index (χ1v) is 10.7. The van der Waals surface area contributed by atoms with Crippen LogP contribution in [0.3, 0.4) is 0 Å².